The molecule has 1 heterocycles. The zero-order valence-electron chi connectivity index (χ0n) is 10.9. The number of halogens is 1. The van der Waals surface area contributed by atoms with Gasteiger partial charge in [0.1, 0.15) is 0 Å². The summed E-state index contributed by atoms with van der Waals surface area (Å²) in [5, 5.41) is 0. The van der Waals surface area contributed by atoms with Crippen molar-refractivity contribution in [3.8, 4) is 0 Å². The Balaban J connectivity index is 1.62. The summed E-state index contributed by atoms with van der Waals surface area (Å²) in [4.78, 5) is 14.4. The van der Waals surface area contributed by atoms with Crippen molar-refractivity contribution in [1.82, 2.24) is 4.90 Å². The first-order valence-electron chi connectivity index (χ1n) is 6.93. The molecule has 1 saturated heterocycles. The van der Waals surface area contributed by atoms with Gasteiger partial charge in [-0.25, -0.2) is 0 Å². The van der Waals surface area contributed by atoms with Crippen molar-refractivity contribution in [2.75, 3.05) is 19.6 Å². The maximum absolute atomic E-state index is 12.4. The summed E-state index contributed by atoms with van der Waals surface area (Å²) in [7, 11) is 0. The number of carbonyl (C=O) groups excluding carboxylic acids is 1. The van der Waals surface area contributed by atoms with Crippen LogP contribution >= 0.6 is 15.9 Å². The van der Waals surface area contributed by atoms with Crippen molar-refractivity contribution in [2.24, 2.45) is 17.6 Å². The summed E-state index contributed by atoms with van der Waals surface area (Å²) < 4.78 is 1.09. The molecule has 102 valence electrons. The highest BCUT2D eigenvalue weighted by molar-refractivity contribution is 9.10. The van der Waals surface area contributed by atoms with Crippen LogP contribution < -0.4 is 5.73 Å². The first-order chi connectivity index (χ1) is 9.19. The van der Waals surface area contributed by atoms with Crippen LogP contribution in [0.2, 0.25) is 0 Å². The molecule has 1 aliphatic carbocycles. The molecular weight excluding hydrogens is 304 g/mol. The number of hydrogen-bond donors (Lipinski definition) is 1. The molecule has 0 aromatic heterocycles. The van der Waals surface area contributed by atoms with E-state index in [-0.39, 0.29) is 5.92 Å². The van der Waals surface area contributed by atoms with E-state index >= 15 is 0 Å². The van der Waals surface area contributed by atoms with Gasteiger partial charge >= 0.3 is 0 Å². The second kappa shape index (κ2) is 5.25. The molecule has 3 nitrogen and oxygen atoms in total. The van der Waals surface area contributed by atoms with Gasteiger partial charge < -0.3 is 10.6 Å². The number of nitrogens with two attached hydrogens (primary N) is 1. The van der Waals surface area contributed by atoms with E-state index in [0.29, 0.717) is 24.3 Å². The molecular formula is C15H19BrN2O. The number of nitrogens with zero attached hydrogens (tertiary/aromatic N) is 1. The molecule has 0 unspecified atom stereocenters. The van der Waals surface area contributed by atoms with Gasteiger partial charge in [0.25, 0.3) is 0 Å². The lowest BCUT2D eigenvalue weighted by Gasteiger charge is -2.16. The van der Waals surface area contributed by atoms with E-state index in [4.69, 9.17) is 5.73 Å². The molecule has 3 rings (SSSR count). The van der Waals surface area contributed by atoms with Crippen LogP contribution in [0.15, 0.2) is 28.7 Å². The van der Waals surface area contributed by atoms with Gasteiger partial charge in [0.2, 0.25) is 5.91 Å². The van der Waals surface area contributed by atoms with Crippen LogP contribution in [0.1, 0.15) is 24.3 Å². The van der Waals surface area contributed by atoms with Crippen molar-refractivity contribution >= 4 is 21.8 Å². The summed E-state index contributed by atoms with van der Waals surface area (Å²) in [6.07, 6.45) is 2.07. The van der Waals surface area contributed by atoms with Crippen molar-refractivity contribution in [3.63, 3.8) is 0 Å². The fourth-order valence-corrected chi connectivity index (χ4v) is 3.45. The second-order valence-corrected chi connectivity index (χ2v) is 6.59. The molecule has 2 fully saturated rings. The number of rotatable bonds is 3. The van der Waals surface area contributed by atoms with E-state index in [2.05, 4.69) is 28.1 Å². The van der Waals surface area contributed by atoms with Crippen LogP contribution in [0.3, 0.4) is 0 Å². The Morgan fingerprint density at radius 3 is 3.00 bits per heavy atom. The molecule has 1 aromatic rings. The lowest BCUT2D eigenvalue weighted by molar-refractivity contribution is -0.131. The average Bonchev–Trinajstić information content (AvgIpc) is 3.07. The van der Waals surface area contributed by atoms with Crippen molar-refractivity contribution < 1.29 is 4.79 Å². The maximum Gasteiger partial charge on any atom is 0.226 e. The number of amides is 1. The van der Waals surface area contributed by atoms with Crippen LogP contribution in [0.25, 0.3) is 0 Å². The topological polar surface area (TPSA) is 46.3 Å². The molecule has 0 spiro atoms. The van der Waals surface area contributed by atoms with Crippen molar-refractivity contribution in [2.45, 2.75) is 18.8 Å². The van der Waals surface area contributed by atoms with E-state index in [1.54, 1.807) is 0 Å². The Morgan fingerprint density at radius 1 is 1.47 bits per heavy atom. The Morgan fingerprint density at radius 2 is 2.32 bits per heavy atom. The molecule has 1 amide bonds. The summed E-state index contributed by atoms with van der Waals surface area (Å²) in [5.41, 5.74) is 6.96. The largest absolute Gasteiger partial charge is 0.342 e. The summed E-state index contributed by atoms with van der Waals surface area (Å²) in [5.74, 6) is 1.46. The number of hydrogen-bond acceptors (Lipinski definition) is 2. The van der Waals surface area contributed by atoms with Crippen LogP contribution in [-0.4, -0.2) is 30.4 Å². The zero-order chi connectivity index (χ0) is 13.4. The van der Waals surface area contributed by atoms with Crippen LogP contribution in [0.5, 0.6) is 0 Å². The van der Waals surface area contributed by atoms with Gasteiger partial charge in [-0.3, -0.25) is 4.79 Å². The number of likely N-dealkylation sites (tertiary alicyclic amines) is 1. The normalized spacial score (nSPS) is 29.6. The van der Waals surface area contributed by atoms with Gasteiger partial charge in [0.05, 0.1) is 0 Å². The smallest absolute Gasteiger partial charge is 0.226 e. The maximum atomic E-state index is 12.4. The molecule has 0 radical (unpaired) electrons. The third-order valence-corrected chi connectivity index (χ3v) is 4.81. The van der Waals surface area contributed by atoms with Gasteiger partial charge in [-0.2, -0.15) is 0 Å². The average molecular weight is 323 g/mol. The molecule has 3 atom stereocenters. The zero-order valence-corrected chi connectivity index (χ0v) is 12.5. The molecule has 1 saturated carbocycles. The highest BCUT2D eigenvalue weighted by atomic mass is 79.9. The molecule has 1 aromatic carbocycles. The predicted octanol–water partition coefficient (Wildman–Crippen LogP) is 2.36. The molecule has 4 heteroatoms. The lowest BCUT2D eigenvalue weighted by Crippen LogP contribution is -2.31. The van der Waals surface area contributed by atoms with Crippen LogP contribution in [0.4, 0.5) is 0 Å². The Bertz CT molecular complexity index is 491. The molecule has 19 heavy (non-hydrogen) atoms. The van der Waals surface area contributed by atoms with Gasteiger partial charge in [-0.15, -0.1) is 0 Å². The molecule has 1 aliphatic heterocycles. The van der Waals surface area contributed by atoms with Crippen LogP contribution in [-0.2, 0) is 4.79 Å². The Labute approximate surface area is 122 Å². The lowest BCUT2D eigenvalue weighted by atomic mass is 10.1. The molecule has 2 aliphatic rings. The minimum Gasteiger partial charge on any atom is -0.342 e. The van der Waals surface area contributed by atoms with E-state index in [1.165, 1.54) is 5.56 Å². The first kappa shape index (κ1) is 13.1. The summed E-state index contributed by atoms with van der Waals surface area (Å²) >= 11 is 3.49. The van der Waals surface area contributed by atoms with E-state index in [9.17, 15) is 4.79 Å². The van der Waals surface area contributed by atoms with Crippen molar-refractivity contribution in [1.29, 1.82) is 0 Å². The summed E-state index contributed by atoms with van der Waals surface area (Å²) in [6, 6.07) is 8.31. The summed E-state index contributed by atoms with van der Waals surface area (Å²) in [6.45, 7) is 2.45. The fraction of sp³-hybridized carbons (Fsp3) is 0.533. The quantitative estimate of drug-likeness (QED) is 0.928. The van der Waals surface area contributed by atoms with E-state index in [1.807, 2.05) is 17.0 Å². The second-order valence-electron chi connectivity index (χ2n) is 5.68. The van der Waals surface area contributed by atoms with Gasteiger partial charge in [-0.1, -0.05) is 28.1 Å². The fourth-order valence-electron chi connectivity index (χ4n) is 3.03. The number of benzene rings is 1. The minimum absolute atomic E-state index is 0.200. The number of carbonyl (C=O) groups is 1. The first-order valence-corrected chi connectivity index (χ1v) is 7.72. The van der Waals surface area contributed by atoms with E-state index < -0.39 is 0 Å². The van der Waals surface area contributed by atoms with Gasteiger partial charge in [-0.05, 0) is 48.9 Å². The SMILES string of the molecule is NC[C@@H]1CCN(C(=O)[C@@H]2C[C@@H]2c2cccc(Br)c2)C1. The monoisotopic (exact) mass is 322 g/mol. The molecule has 2 N–H and O–H groups in total. The highest BCUT2D eigenvalue weighted by Crippen LogP contribution is 2.49. The third-order valence-electron chi connectivity index (χ3n) is 4.32. The molecule has 0 bridgehead atoms. The van der Waals surface area contributed by atoms with Crippen molar-refractivity contribution in [3.05, 3.63) is 34.3 Å². The minimum atomic E-state index is 0.200. The van der Waals surface area contributed by atoms with Crippen LogP contribution in [0, 0.1) is 11.8 Å². The van der Waals surface area contributed by atoms with E-state index in [0.717, 1.165) is 30.4 Å². The van der Waals surface area contributed by atoms with Gasteiger partial charge in [0.15, 0.2) is 0 Å². The highest BCUT2D eigenvalue weighted by Gasteiger charge is 2.46. The Kier molecular flexibility index (Phi) is 3.63. The predicted molar refractivity (Wildman–Crippen MR) is 78.7 cm³/mol. The third kappa shape index (κ3) is 2.70. The Hall–Kier alpha value is -0.870. The van der Waals surface area contributed by atoms with Gasteiger partial charge in [0, 0.05) is 23.5 Å². The standard InChI is InChI=1S/C15H19BrN2O/c16-12-3-1-2-11(6-12)13-7-14(13)15(19)18-5-4-10(8-17)9-18/h1-3,6,10,13-14H,4-5,7-9,17H2/t10-,13+,14+/m0/s1.